The Morgan fingerprint density at radius 3 is 2.50 bits per heavy atom. The number of fused-ring (bicyclic) bond motifs is 3. The van der Waals surface area contributed by atoms with Gasteiger partial charge in [-0.15, -0.1) is 0 Å². The third kappa shape index (κ3) is 2.24. The molecule has 0 saturated heterocycles. The Hall–Kier alpha value is -2.83. The van der Waals surface area contributed by atoms with Crippen LogP contribution in [0.15, 0.2) is 60.7 Å². The van der Waals surface area contributed by atoms with Gasteiger partial charge in [0.05, 0.1) is 11.6 Å². The number of nitriles is 1. The van der Waals surface area contributed by atoms with E-state index in [1.807, 2.05) is 60.7 Å². The molecule has 0 unspecified atom stereocenters. The van der Waals surface area contributed by atoms with Crippen molar-refractivity contribution in [2.45, 2.75) is 12.0 Å². The lowest BCUT2D eigenvalue weighted by Crippen LogP contribution is -2.35. The van der Waals surface area contributed by atoms with Crippen molar-refractivity contribution in [2.24, 2.45) is 0 Å². The molecule has 0 saturated carbocycles. The van der Waals surface area contributed by atoms with E-state index < -0.39 is 6.10 Å². The fourth-order valence-electron chi connectivity index (χ4n) is 3.23. The Bertz CT molecular complexity index is 989. The van der Waals surface area contributed by atoms with Crippen LogP contribution in [0.5, 0.6) is 5.75 Å². The molecule has 1 aliphatic heterocycles. The molecule has 4 heteroatoms. The topological polar surface area (TPSA) is 56.9 Å². The SMILES string of the molecule is N#C[C@H]1Oc2c(ccc3ccccc23)[C@H](c2ccc(Cl)cc2)C1=N. The largest absolute Gasteiger partial charge is 0.468 e. The zero-order valence-corrected chi connectivity index (χ0v) is 13.4. The standard InChI is InChI=1S/C20H13ClN2O/c21-14-8-5-13(6-9-14)18-16-10-7-12-3-1-2-4-15(12)20(16)24-17(11-22)19(18)23/h1-10,17-18,23H/t17-,18+/m1/s1. The molecule has 3 nitrogen and oxygen atoms in total. The van der Waals surface area contributed by atoms with Gasteiger partial charge in [-0.1, -0.05) is 60.1 Å². The van der Waals surface area contributed by atoms with Gasteiger partial charge in [-0.2, -0.15) is 5.26 Å². The Morgan fingerprint density at radius 2 is 1.75 bits per heavy atom. The molecule has 3 aromatic rings. The normalized spacial score (nSPS) is 19.4. The van der Waals surface area contributed by atoms with Gasteiger partial charge in [0, 0.05) is 16.0 Å². The summed E-state index contributed by atoms with van der Waals surface area (Å²) in [7, 11) is 0. The summed E-state index contributed by atoms with van der Waals surface area (Å²) in [6, 6.07) is 21.4. The van der Waals surface area contributed by atoms with Gasteiger partial charge >= 0.3 is 0 Å². The summed E-state index contributed by atoms with van der Waals surface area (Å²) in [5.41, 5.74) is 2.10. The van der Waals surface area contributed by atoms with Crippen molar-refractivity contribution in [3.05, 3.63) is 76.8 Å². The predicted molar refractivity (Wildman–Crippen MR) is 95.0 cm³/mol. The first-order chi connectivity index (χ1) is 11.7. The van der Waals surface area contributed by atoms with E-state index in [2.05, 4.69) is 6.07 Å². The van der Waals surface area contributed by atoms with Crippen molar-refractivity contribution >= 4 is 28.1 Å². The third-order valence-electron chi connectivity index (χ3n) is 4.37. The highest BCUT2D eigenvalue weighted by molar-refractivity contribution is 6.30. The lowest BCUT2D eigenvalue weighted by Gasteiger charge is -2.31. The number of benzene rings is 3. The molecular weight excluding hydrogens is 320 g/mol. The van der Waals surface area contributed by atoms with Gasteiger partial charge in [0.15, 0.2) is 0 Å². The molecule has 1 heterocycles. The third-order valence-corrected chi connectivity index (χ3v) is 4.62. The van der Waals surface area contributed by atoms with Gasteiger partial charge < -0.3 is 10.1 Å². The van der Waals surface area contributed by atoms with E-state index in [0.717, 1.165) is 21.9 Å². The monoisotopic (exact) mass is 332 g/mol. The number of hydrogen-bond donors (Lipinski definition) is 1. The summed E-state index contributed by atoms with van der Waals surface area (Å²) < 4.78 is 5.87. The van der Waals surface area contributed by atoms with E-state index in [1.54, 1.807) is 0 Å². The van der Waals surface area contributed by atoms with Crippen LogP contribution in [0.2, 0.25) is 5.02 Å². The molecule has 0 spiro atoms. The second kappa shape index (κ2) is 5.67. The smallest absolute Gasteiger partial charge is 0.222 e. The van der Waals surface area contributed by atoms with E-state index in [1.165, 1.54) is 0 Å². The Morgan fingerprint density at radius 1 is 1.00 bits per heavy atom. The summed E-state index contributed by atoms with van der Waals surface area (Å²) in [5, 5.41) is 20.5. The van der Waals surface area contributed by atoms with Crippen molar-refractivity contribution in [3.63, 3.8) is 0 Å². The van der Waals surface area contributed by atoms with Crippen molar-refractivity contribution in [2.75, 3.05) is 0 Å². The maximum Gasteiger partial charge on any atom is 0.222 e. The number of rotatable bonds is 1. The summed E-state index contributed by atoms with van der Waals surface area (Å²) in [6.45, 7) is 0. The molecule has 24 heavy (non-hydrogen) atoms. The lowest BCUT2D eigenvalue weighted by molar-refractivity contribution is 0.304. The van der Waals surface area contributed by atoms with Crippen LogP contribution < -0.4 is 4.74 Å². The summed E-state index contributed by atoms with van der Waals surface area (Å²) in [5.74, 6) is 0.385. The lowest BCUT2D eigenvalue weighted by atomic mass is 9.82. The number of hydrogen-bond acceptors (Lipinski definition) is 3. The van der Waals surface area contributed by atoms with Crippen molar-refractivity contribution < 1.29 is 4.74 Å². The Balaban J connectivity index is 1.97. The molecule has 4 rings (SSSR count). The van der Waals surface area contributed by atoms with Crippen LogP contribution in [0.3, 0.4) is 0 Å². The molecule has 2 atom stereocenters. The van der Waals surface area contributed by atoms with Crippen molar-refractivity contribution in [1.82, 2.24) is 0 Å². The number of nitrogens with zero attached hydrogens (tertiary/aromatic N) is 1. The molecule has 116 valence electrons. The molecule has 0 aromatic heterocycles. The highest BCUT2D eigenvalue weighted by Gasteiger charge is 2.35. The quantitative estimate of drug-likeness (QED) is 0.687. The predicted octanol–water partition coefficient (Wildman–Crippen LogP) is 4.93. The molecule has 1 aliphatic rings. The van der Waals surface area contributed by atoms with Gasteiger partial charge in [-0.05, 0) is 23.1 Å². The molecule has 0 fully saturated rings. The minimum absolute atomic E-state index is 0.252. The van der Waals surface area contributed by atoms with E-state index in [0.29, 0.717) is 10.8 Å². The van der Waals surface area contributed by atoms with E-state index >= 15 is 0 Å². The van der Waals surface area contributed by atoms with Gasteiger partial charge in [0.2, 0.25) is 6.10 Å². The van der Waals surface area contributed by atoms with Crippen molar-refractivity contribution in [3.8, 4) is 11.8 Å². The molecular formula is C20H13ClN2O. The first-order valence-corrected chi connectivity index (χ1v) is 7.98. The number of ether oxygens (including phenoxy) is 1. The molecule has 0 bridgehead atoms. The van der Waals surface area contributed by atoms with Gasteiger partial charge in [0.25, 0.3) is 0 Å². The first-order valence-electron chi connectivity index (χ1n) is 7.61. The second-order valence-electron chi connectivity index (χ2n) is 5.77. The van der Waals surface area contributed by atoms with Crippen LogP contribution in [0, 0.1) is 16.7 Å². The Labute approximate surface area is 144 Å². The molecule has 1 N–H and O–H groups in total. The zero-order chi connectivity index (χ0) is 16.7. The minimum Gasteiger partial charge on any atom is -0.468 e. The molecule has 0 radical (unpaired) electrons. The zero-order valence-electron chi connectivity index (χ0n) is 12.7. The fourth-order valence-corrected chi connectivity index (χ4v) is 3.36. The number of nitrogens with one attached hydrogen (secondary N) is 1. The van der Waals surface area contributed by atoms with Crippen LogP contribution in [0.1, 0.15) is 17.0 Å². The first kappa shape index (κ1) is 14.7. The van der Waals surface area contributed by atoms with Crippen LogP contribution in [-0.4, -0.2) is 11.8 Å². The van der Waals surface area contributed by atoms with Crippen LogP contribution >= 0.6 is 11.6 Å². The average Bonchev–Trinajstić information content (AvgIpc) is 2.62. The van der Waals surface area contributed by atoms with E-state index in [9.17, 15) is 5.26 Å². The number of halogens is 1. The molecule has 3 aromatic carbocycles. The van der Waals surface area contributed by atoms with E-state index in [-0.39, 0.29) is 11.6 Å². The van der Waals surface area contributed by atoms with Gasteiger partial charge in [-0.3, -0.25) is 0 Å². The maximum atomic E-state index is 9.43. The van der Waals surface area contributed by atoms with Gasteiger partial charge in [0.1, 0.15) is 11.8 Å². The Kier molecular flexibility index (Phi) is 3.48. The summed E-state index contributed by atoms with van der Waals surface area (Å²) in [6.07, 6.45) is -0.885. The van der Waals surface area contributed by atoms with E-state index in [4.69, 9.17) is 21.7 Å². The summed E-state index contributed by atoms with van der Waals surface area (Å²) >= 11 is 5.99. The summed E-state index contributed by atoms with van der Waals surface area (Å²) in [4.78, 5) is 0. The fraction of sp³-hybridized carbons (Fsp3) is 0.100. The highest BCUT2D eigenvalue weighted by Crippen LogP contribution is 2.42. The van der Waals surface area contributed by atoms with Crippen LogP contribution in [0.4, 0.5) is 0 Å². The van der Waals surface area contributed by atoms with Crippen LogP contribution in [-0.2, 0) is 0 Å². The van der Waals surface area contributed by atoms with Crippen molar-refractivity contribution in [1.29, 1.82) is 10.7 Å². The molecule has 0 amide bonds. The van der Waals surface area contributed by atoms with Gasteiger partial charge in [-0.25, -0.2) is 0 Å². The van der Waals surface area contributed by atoms with Crippen LogP contribution in [0.25, 0.3) is 10.8 Å². The highest BCUT2D eigenvalue weighted by atomic mass is 35.5. The second-order valence-corrected chi connectivity index (χ2v) is 6.21. The maximum absolute atomic E-state index is 9.43. The average molecular weight is 333 g/mol. The minimum atomic E-state index is -0.885. The molecule has 0 aliphatic carbocycles.